The number of rotatable bonds is 3. The summed E-state index contributed by atoms with van der Waals surface area (Å²) in [6, 6.07) is 0. The fourth-order valence-electron chi connectivity index (χ4n) is 0.928. The second-order valence-corrected chi connectivity index (χ2v) is 4.68. The molecule has 1 heterocycles. The van der Waals surface area contributed by atoms with Gasteiger partial charge in [0.15, 0.2) is 6.10 Å². The number of hydrogen-bond donors (Lipinski definition) is 2. The topological polar surface area (TPSA) is 116 Å². The van der Waals surface area contributed by atoms with Gasteiger partial charge in [0.2, 0.25) is 0 Å². The Morgan fingerprint density at radius 2 is 2.29 bits per heavy atom. The van der Waals surface area contributed by atoms with Gasteiger partial charge in [-0.15, -0.1) is 0 Å². The zero-order valence-corrected chi connectivity index (χ0v) is 8.80. The lowest BCUT2D eigenvalue weighted by Gasteiger charge is -2.19. The molecule has 0 bridgehead atoms. The van der Waals surface area contributed by atoms with E-state index >= 15 is 0 Å². The molecule has 0 aromatic carbocycles. The van der Waals surface area contributed by atoms with Crippen LogP contribution < -0.4 is 5.73 Å². The monoisotopic (exact) mass is 243 g/mol. The van der Waals surface area contributed by atoms with Crippen LogP contribution in [0, 0.1) is 0 Å². The predicted octanol–water partition coefficient (Wildman–Crippen LogP) is -1.82. The molecule has 1 rings (SSSR count). The van der Waals surface area contributed by atoms with Gasteiger partial charge in [-0.05, 0) is 6.26 Å². The number of nitrogens with two attached hydrogens (primary N) is 1. The molecule has 0 saturated carbocycles. The van der Waals surface area contributed by atoms with Crippen molar-refractivity contribution < 1.29 is 26.7 Å². The highest BCUT2D eigenvalue weighted by molar-refractivity contribution is 7.98. The predicted molar refractivity (Wildman–Crippen MR) is 47.4 cm³/mol. The van der Waals surface area contributed by atoms with E-state index in [1.807, 2.05) is 0 Å². The Morgan fingerprint density at radius 1 is 1.71 bits per heavy atom. The zero-order chi connectivity index (χ0) is 11.0. The number of primary amides is 1. The third-order valence-corrected chi connectivity index (χ3v) is 3.13. The fourth-order valence-corrected chi connectivity index (χ4v) is 2.63. The zero-order valence-electron chi connectivity index (χ0n) is 7.17. The molecule has 14 heavy (non-hydrogen) atoms. The van der Waals surface area contributed by atoms with Crippen LogP contribution >= 0.6 is 11.8 Å². The summed E-state index contributed by atoms with van der Waals surface area (Å²) in [4.78, 5) is 10.8. The summed E-state index contributed by atoms with van der Waals surface area (Å²) >= 11 is 1.18. The first-order chi connectivity index (χ1) is 6.32. The number of hydrogen-bond acceptors (Lipinski definition) is 7. The van der Waals surface area contributed by atoms with Gasteiger partial charge in [-0.1, -0.05) is 0 Å². The minimum atomic E-state index is -4.33. The SMILES string of the molecule is CSCC1OS(=O)(=O)OC1(O)C(N)=O. The van der Waals surface area contributed by atoms with E-state index in [1.54, 1.807) is 6.26 Å². The van der Waals surface area contributed by atoms with Crippen molar-refractivity contribution in [1.29, 1.82) is 0 Å². The van der Waals surface area contributed by atoms with Gasteiger partial charge < -0.3 is 10.8 Å². The van der Waals surface area contributed by atoms with Gasteiger partial charge >= 0.3 is 10.4 Å². The third kappa shape index (κ3) is 2.01. The molecule has 0 spiro atoms. The van der Waals surface area contributed by atoms with Crippen LogP contribution in [0.3, 0.4) is 0 Å². The maximum Gasteiger partial charge on any atom is 0.403 e. The molecule has 2 unspecified atom stereocenters. The molecule has 0 aromatic rings. The van der Waals surface area contributed by atoms with E-state index in [-0.39, 0.29) is 5.75 Å². The van der Waals surface area contributed by atoms with Crippen LogP contribution in [0.1, 0.15) is 0 Å². The minimum absolute atomic E-state index is 0.0681. The standard InChI is InChI=1S/C5H9NO6S2/c1-13-2-3-5(8,4(6)7)12-14(9,10)11-3/h3,8H,2H2,1H3,(H2,6,7). The third-order valence-electron chi connectivity index (χ3n) is 1.57. The lowest BCUT2D eigenvalue weighted by molar-refractivity contribution is -0.176. The number of carbonyl (C=O) groups excluding carboxylic acids is 1. The number of amides is 1. The Morgan fingerprint density at radius 3 is 2.71 bits per heavy atom. The first-order valence-corrected chi connectivity index (χ1v) is 6.19. The van der Waals surface area contributed by atoms with E-state index in [9.17, 15) is 18.3 Å². The fraction of sp³-hybridized carbons (Fsp3) is 0.800. The van der Waals surface area contributed by atoms with Gasteiger partial charge in [0.1, 0.15) is 0 Å². The summed E-state index contributed by atoms with van der Waals surface area (Å²) in [6.45, 7) is 0. The lowest BCUT2D eigenvalue weighted by atomic mass is 10.1. The molecule has 82 valence electrons. The molecule has 1 amide bonds. The molecule has 1 saturated heterocycles. The largest absolute Gasteiger partial charge is 0.403 e. The van der Waals surface area contributed by atoms with Crippen molar-refractivity contribution in [3.8, 4) is 0 Å². The summed E-state index contributed by atoms with van der Waals surface area (Å²) in [5, 5.41) is 9.48. The van der Waals surface area contributed by atoms with E-state index in [1.165, 1.54) is 11.8 Å². The molecule has 0 aliphatic carbocycles. The second-order valence-electron chi connectivity index (χ2n) is 2.59. The van der Waals surface area contributed by atoms with Crippen molar-refractivity contribution >= 4 is 28.1 Å². The molecular formula is C5H9NO6S2. The second kappa shape index (κ2) is 3.66. The van der Waals surface area contributed by atoms with E-state index in [2.05, 4.69) is 8.37 Å². The summed E-state index contributed by atoms with van der Waals surface area (Å²) in [6.07, 6.45) is 0.343. The normalized spacial score (nSPS) is 35.7. The summed E-state index contributed by atoms with van der Waals surface area (Å²) < 4.78 is 30.1. The minimum Gasteiger partial charge on any atom is -0.365 e. The van der Waals surface area contributed by atoms with Crippen LogP contribution in [-0.2, 0) is 23.6 Å². The Kier molecular flexibility index (Phi) is 3.07. The van der Waals surface area contributed by atoms with Crippen molar-refractivity contribution in [1.82, 2.24) is 0 Å². The molecule has 0 radical (unpaired) electrons. The van der Waals surface area contributed by atoms with Gasteiger partial charge in [0.25, 0.3) is 11.7 Å². The van der Waals surface area contributed by atoms with Gasteiger partial charge in [0.05, 0.1) is 0 Å². The molecule has 7 nitrogen and oxygen atoms in total. The van der Waals surface area contributed by atoms with Gasteiger partial charge in [0, 0.05) is 5.75 Å². The molecule has 2 atom stereocenters. The summed E-state index contributed by atoms with van der Waals surface area (Å²) in [5.74, 6) is -3.82. The number of carbonyl (C=O) groups is 1. The molecular weight excluding hydrogens is 234 g/mol. The average molecular weight is 243 g/mol. The van der Waals surface area contributed by atoms with Gasteiger partial charge in [-0.2, -0.15) is 20.2 Å². The average Bonchev–Trinajstić information content (AvgIpc) is 2.23. The maximum absolute atomic E-state index is 10.8. The van der Waals surface area contributed by atoms with E-state index < -0.39 is 28.2 Å². The Bertz CT molecular complexity index is 340. The Balaban J connectivity index is 2.99. The first kappa shape index (κ1) is 11.7. The van der Waals surface area contributed by atoms with Crippen LogP contribution in [0.15, 0.2) is 0 Å². The van der Waals surface area contributed by atoms with Gasteiger partial charge in [-0.3, -0.25) is 4.79 Å². The molecule has 9 heteroatoms. The van der Waals surface area contributed by atoms with E-state index in [0.717, 1.165) is 0 Å². The highest BCUT2D eigenvalue weighted by Crippen LogP contribution is 2.30. The van der Waals surface area contributed by atoms with Crippen molar-refractivity contribution in [2.45, 2.75) is 11.9 Å². The van der Waals surface area contributed by atoms with Crippen molar-refractivity contribution in [3.63, 3.8) is 0 Å². The molecule has 1 aliphatic rings. The van der Waals surface area contributed by atoms with Crippen molar-refractivity contribution in [2.75, 3.05) is 12.0 Å². The van der Waals surface area contributed by atoms with Gasteiger partial charge in [-0.25, -0.2) is 8.37 Å². The summed E-state index contributed by atoms with van der Waals surface area (Å²) in [7, 11) is -4.33. The van der Waals surface area contributed by atoms with E-state index in [4.69, 9.17) is 5.73 Å². The molecule has 1 fully saturated rings. The van der Waals surface area contributed by atoms with Crippen LogP contribution in [-0.4, -0.2) is 43.3 Å². The van der Waals surface area contributed by atoms with Crippen molar-refractivity contribution in [3.05, 3.63) is 0 Å². The smallest absolute Gasteiger partial charge is 0.365 e. The Labute approximate surface area is 84.9 Å². The number of aliphatic hydroxyl groups is 1. The molecule has 1 aliphatic heterocycles. The van der Waals surface area contributed by atoms with E-state index in [0.29, 0.717) is 0 Å². The quantitative estimate of drug-likeness (QED) is 0.599. The molecule has 0 aromatic heterocycles. The number of thioether (sulfide) groups is 1. The Hall–Kier alpha value is -0.350. The van der Waals surface area contributed by atoms with Crippen LogP contribution in [0.5, 0.6) is 0 Å². The van der Waals surface area contributed by atoms with Crippen molar-refractivity contribution in [2.24, 2.45) is 5.73 Å². The molecule has 3 N–H and O–H groups in total. The highest BCUT2D eigenvalue weighted by Gasteiger charge is 2.56. The first-order valence-electron chi connectivity index (χ1n) is 3.47. The lowest BCUT2D eigenvalue weighted by Crippen LogP contribution is -2.52. The van der Waals surface area contributed by atoms with Crippen LogP contribution in [0.4, 0.5) is 0 Å². The van der Waals surface area contributed by atoms with Crippen LogP contribution in [0.25, 0.3) is 0 Å². The summed E-state index contributed by atoms with van der Waals surface area (Å²) in [5.41, 5.74) is 4.81. The van der Waals surface area contributed by atoms with Crippen LogP contribution in [0.2, 0.25) is 0 Å². The maximum atomic E-state index is 10.8. The highest BCUT2D eigenvalue weighted by atomic mass is 32.3.